The minimum Gasteiger partial charge on any atom is -0.494 e. The van der Waals surface area contributed by atoms with Crippen LogP contribution in [0.5, 0.6) is 5.75 Å². The van der Waals surface area contributed by atoms with Crippen molar-refractivity contribution in [2.45, 2.75) is 38.6 Å². The maximum absolute atomic E-state index is 7.67. The van der Waals surface area contributed by atoms with Crippen molar-refractivity contribution in [3.8, 4) is 5.75 Å². The van der Waals surface area contributed by atoms with E-state index in [1.807, 2.05) is 30.5 Å². The first kappa shape index (κ1) is 16.6. The summed E-state index contributed by atoms with van der Waals surface area (Å²) in [5, 5.41) is 14.5. The van der Waals surface area contributed by atoms with Gasteiger partial charge in [0, 0.05) is 24.0 Å². The summed E-state index contributed by atoms with van der Waals surface area (Å²) in [6, 6.07) is 8.49. The molecule has 0 aromatic heterocycles. The molecule has 0 bridgehead atoms. The number of piperidine rings is 1. The van der Waals surface area contributed by atoms with E-state index < -0.39 is 0 Å². The fourth-order valence-electron chi connectivity index (χ4n) is 2.50. The van der Waals surface area contributed by atoms with Crippen molar-refractivity contribution >= 4 is 11.8 Å². The first-order valence-corrected chi connectivity index (χ1v) is 8.24. The maximum Gasteiger partial charge on any atom is 0.119 e. The fourth-order valence-corrected chi connectivity index (χ4v) is 2.50. The van der Waals surface area contributed by atoms with Crippen LogP contribution in [-0.4, -0.2) is 32.0 Å². The standard InChI is InChI=1S/C18H27N3O/c1-2-3-11-22-18-6-4-5-15(12-18)16(13-19)14-21-17-7-9-20-10-8-17/h4-6,12-14,17,19-21H,2-3,7-11H2,1H3/b16-14+,19-13?. The van der Waals surface area contributed by atoms with E-state index in [1.165, 1.54) is 6.21 Å². The number of nitrogens with one attached hydrogen (secondary N) is 3. The molecule has 0 amide bonds. The van der Waals surface area contributed by atoms with Crippen molar-refractivity contribution in [1.29, 1.82) is 5.41 Å². The molecule has 0 radical (unpaired) electrons. The first-order chi connectivity index (χ1) is 10.8. The van der Waals surface area contributed by atoms with Gasteiger partial charge in [0.2, 0.25) is 0 Å². The molecule has 120 valence electrons. The minimum absolute atomic E-state index is 0.500. The van der Waals surface area contributed by atoms with Crippen LogP contribution in [0.15, 0.2) is 30.5 Å². The largest absolute Gasteiger partial charge is 0.494 e. The van der Waals surface area contributed by atoms with Gasteiger partial charge in [-0.3, -0.25) is 0 Å². The van der Waals surface area contributed by atoms with Gasteiger partial charge in [-0.15, -0.1) is 0 Å². The van der Waals surface area contributed by atoms with E-state index in [4.69, 9.17) is 10.1 Å². The van der Waals surface area contributed by atoms with E-state index in [0.717, 1.165) is 62.3 Å². The zero-order valence-electron chi connectivity index (χ0n) is 13.4. The lowest BCUT2D eigenvalue weighted by Gasteiger charge is -2.23. The van der Waals surface area contributed by atoms with Crippen molar-refractivity contribution in [2.75, 3.05) is 19.7 Å². The predicted octanol–water partition coefficient (Wildman–Crippen LogP) is 3.20. The van der Waals surface area contributed by atoms with Gasteiger partial charge in [0.25, 0.3) is 0 Å². The number of hydrogen-bond donors (Lipinski definition) is 3. The third-order valence-corrected chi connectivity index (χ3v) is 3.90. The molecule has 3 N–H and O–H groups in total. The molecule has 4 nitrogen and oxygen atoms in total. The van der Waals surface area contributed by atoms with Crippen LogP contribution in [0.3, 0.4) is 0 Å². The topological polar surface area (TPSA) is 57.1 Å². The van der Waals surface area contributed by atoms with Gasteiger partial charge in [0.15, 0.2) is 0 Å². The highest BCUT2D eigenvalue weighted by Gasteiger charge is 2.11. The molecule has 1 aliphatic heterocycles. The molecule has 1 aromatic carbocycles. The van der Waals surface area contributed by atoms with Crippen LogP contribution in [0, 0.1) is 5.41 Å². The quantitative estimate of drug-likeness (QED) is 0.510. The Labute approximate surface area is 133 Å². The molecule has 0 saturated carbocycles. The second-order valence-electron chi connectivity index (χ2n) is 5.66. The van der Waals surface area contributed by atoms with E-state index in [9.17, 15) is 0 Å². The molecule has 0 spiro atoms. The highest BCUT2D eigenvalue weighted by atomic mass is 16.5. The Bertz CT molecular complexity index is 493. The van der Waals surface area contributed by atoms with Gasteiger partial charge in [-0.1, -0.05) is 25.5 Å². The van der Waals surface area contributed by atoms with E-state index in [2.05, 4.69) is 17.6 Å². The molecule has 0 unspecified atom stereocenters. The van der Waals surface area contributed by atoms with Crippen molar-refractivity contribution in [2.24, 2.45) is 0 Å². The molecule has 1 fully saturated rings. The van der Waals surface area contributed by atoms with Crippen molar-refractivity contribution in [3.05, 3.63) is 36.0 Å². The smallest absolute Gasteiger partial charge is 0.119 e. The summed E-state index contributed by atoms with van der Waals surface area (Å²) >= 11 is 0. The Kier molecular flexibility index (Phi) is 6.97. The number of allylic oxidation sites excluding steroid dienone is 1. The molecule has 0 atom stereocenters. The molecular weight excluding hydrogens is 274 g/mol. The normalized spacial score (nSPS) is 16.3. The van der Waals surface area contributed by atoms with E-state index in [0.29, 0.717) is 6.04 Å². The Morgan fingerprint density at radius 2 is 2.23 bits per heavy atom. The highest BCUT2D eigenvalue weighted by Crippen LogP contribution is 2.19. The summed E-state index contributed by atoms with van der Waals surface area (Å²) in [4.78, 5) is 0. The van der Waals surface area contributed by atoms with Crippen LogP contribution in [0.1, 0.15) is 38.2 Å². The summed E-state index contributed by atoms with van der Waals surface area (Å²) in [6.07, 6.45) is 7.82. The molecule has 22 heavy (non-hydrogen) atoms. The molecular formula is C18H27N3O. The zero-order valence-corrected chi connectivity index (χ0v) is 13.4. The Hall–Kier alpha value is -1.81. The third-order valence-electron chi connectivity index (χ3n) is 3.90. The number of unbranched alkanes of at least 4 members (excludes halogenated alkanes) is 1. The van der Waals surface area contributed by atoms with E-state index in [-0.39, 0.29) is 0 Å². The molecule has 1 saturated heterocycles. The predicted molar refractivity (Wildman–Crippen MR) is 92.6 cm³/mol. The van der Waals surface area contributed by atoms with Crippen LogP contribution in [-0.2, 0) is 0 Å². The molecule has 1 aromatic rings. The molecule has 2 rings (SSSR count). The third kappa shape index (κ3) is 5.19. The fraction of sp³-hybridized carbons (Fsp3) is 0.500. The van der Waals surface area contributed by atoms with Gasteiger partial charge in [-0.05, 0) is 50.0 Å². The van der Waals surface area contributed by atoms with Gasteiger partial charge < -0.3 is 20.8 Å². The molecule has 1 heterocycles. The first-order valence-electron chi connectivity index (χ1n) is 8.24. The SMILES string of the molecule is CCCCOc1cccc(/C(C=N)=C/NC2CCNCC2)c1. The number of hydrogen-bond acceptors (Lipinski definition) is 4. The van der Waals surface area contributed by atoms with Gasteiger partial charge in [0.05, 0.1) is 6.61 Å². The van der Waals surface area contributed by atoms with Crippen LogP contribution >= 0.6 is 0 Å². The summed E-state index contributed by atoms with van der Waals surface area (Å²) in [5.74, 6) is 0.876. The Morgan fingerprint density at radius 3 is 2.95 bits per heavy atom. The average molecular weight is 301 g/mol. The Balaban J connectivity index is 1.99. The zero-order chi connectivity index (χ0) is 15.6. The lowest BCUT2D eigenvalue weighted by molar-refractivity contribution is 0.309. The summed E-state index contributed by atoms with van der Waals surface area (Å²) in [7, 11) is 0. The summed E-state index contributed by atoms with van der Waals surface area (Å²) in [5.41, 5.74) is 1.91. The van der Waals surface area contributed by atoms with Crippen LogP contribution in [0.2, 0.25) is 0 Å². The lowest BCUT2D eigenvalue weighted by Crippen LogP contribution is -2.37. The summed E-state index contributed by atoms with van der Waals surface area (Å²) < 4.78 is 5.75. The monoisotopic (exact) mass is 301 g/mol. The maximum atomic E-state index is 7.67. The molecule has 0 aliphatic carbocycles. The second-order valence-corrected chi connectivity index (χ2v) is 5.66. The van der Waals surface area contributed by atoms with Gasteiger partial charge in [-0.25, -0.2) is 0 Å². The van der Waals surface area contributed by atoms with Gasteiger partial charge in [-0.2, -0.15) is 0 Å². The van der Waals surface area contributed by atoms with Gasteiger partial charge >= 0.3 is 0 Å². The molecule has 1 aliphatic rings. The van der Waals surface area contributed by atoms with Crippen LogP contribution in [0.25, 0.3) is 5.57 Å². The highest BCUT2D eigenvalue weighted by molar-refractivity contribution is 6.08. The number of benzene rings is 1. The lowest BCUT2D eigenvalue weighted by atomic mass is 10.1. The number of rotatable bonds is 8. The van der Waals surface area contributed by atoms with E-state index >= 15 is 0 Å². The van der Waals surface area contributed by atoms with Gasteiger partial charge in [0.1, 0.15) is 5.75 Å². The van der Waals surface area contributed by atoms with Crippen molar-refractivity contribution in [3.63, 3.8) is 0 Å². The van der Waals surface area contributed by atoms with E-state index in [1.54, 1.807) is 0 Å². The van der Waals surface area contributed by atoms with Crippen molar-refractivity contribution < 1.29 is 4.74 Å². The van der Waals surface area contributed by atoms with Crippen molar-refractivity contribution in [1.82, 2.24) is 10.6 Å². The number of ether oxygens (including phenoxy) is 1. The second kappa shape index (κ2) is 9.26. The minimum atomic E-state index is 0.500. The van der Waals surface area contributed by atoms with Crippen LogP contribution < -0.4 is 15.4 Å². The molecule has 4 heteroatoms. The Morgan fingerprint density at radius 1 is 1.41 bits per heavy atom. The average Bonchev–Trinajstić information content (AvgIpc) is 2.57. The summed E-state index contributed by atoms with van der Waals surface area (Å²) in [6.45, 7) is 5.03. The van der Waals surface area contributed by atoms with Crippen LogP contribution in [0.4, 0.5) is 0 Å².